The van der Waals surface area contributed by atoms with Crippen LogP contribution in [-0.4, -0.2) is 55.5 Å². The van der Waals surface area contributed by atoms with Crippen LogP contribution in [0.25, 0.3) is 11.3 Å². The number of H-pyrrole nitrogens is 1. The van der Waals surface area contributed by atoms with Gasteiger partial charge in [-0.2, -0.15) is 0 Å². The van der Waals surface area contributed by atoms with Crippen molar-refractivity contribution in [3.63, 3.8) is 0 Å². The zero-order valence-corrected chi connectivity index (χ0v) is 22.3. The number of pyridine rings is 1. The molecule has 0 aliphatic carbocycles. The van der Waals surface area contributed by atoms with Crippen molar-refractivity contribution in [3.8, 4) is 22.8 Å². The zero-order valence-electron chi connectivity index (χ0n) is 20.1. The summed E-state index contributed by atoms with van der Waals surface area (Å²) in [5.74, 6) is 0.0492. The molecule has 5 heterocycles. The molecule has 3 aromatic rings. The zero-order chi connectivity index (χ0) is 25.5. The number of aromatic amines is 1. The van der Waals surface area contributed by atoms with Gasteiger partial charge in [-0.25, -0.2) is 0 Å². The van der Waals surface area contributed by atoms with E-state index in [-0.39, 0.29) is 25.5 Å². The van der Waals surface area contributed by atoms with Crippen molar-refractivity contribution >= 4 is 21.2 Å². The molecule has 3 N–H and O–H groups in total. The quantitative estimate of drug-likeness (QED) is 0.174. The number of nitrogens with zero attached hydrogens (tertiary/aromatic N) is 2. The summed E-state index contributed by atoms with van der Waals surface area (Å²) in [4.78, 5) is 36.3. The van der Waals surface area contributed by atoms with Crippen LogP contribution in [0.3, 0.4) is 0 Å². The van der Waals surface area contributed by atoms with Gasteiger partial charge in [-0.05, 0) is 0 Å². The number of ether oxygens (including phenoxy) is 2. The van der Waals surface area contributed by atoms with E-state index in [1.807, 2.05) is 11.0 Å². The van der Waals surface area contributed by atoms with E-state index in [9.17, 15) is 14.0 Å². The third kappa shape index (κ3) is 4.49. The molecule has 2 atom stereocenters. The fourth-order valence-corrected chi connectivity index (χ4v) is 7.77. The summed E-state index contributed by atoms with van der Waals surface area (Å²) in [7, 11) is 1.40. The van der Waals surface area contributed by atoms with E-state index in [2.05, 4.69) is 20.6 Å². The molecule has 2 unspecified atom stereocenters. The number of methoxy groups -OCH3 is 1. The topological polar surface area (TPSA) is 109 Å². The molecule has 6 rings (SSSR count). The number of carbonyl (C=O) groups is 2. The fourth-order valence-electron chi connectivity index (χ4n) is 5.19. The molecule has 2 amide bonds. The van der Waals surface area contributed by atoms with Gasteiger partial charge >= 0.3 is 224 Å². The average Bonchev–Trinajstić information content (AvgIpc) is 3.25. The van der Waals surface area contributed by atoms with Crippen LogP contribution in [0.2, 0.25) is 0 Å². The number of amides is 2. The summed E-state index contributed by atoms with van der Waals surface area (Å²) in [6, 6.07) is 6.43. The minimum atomic E-state index is -0.970. The molecule has 5 bridgehead atoms. The molecule has 11 heteroatoms. The summed E-state index contributed by atoms with van der Waals surface area (Å²) < 4.78 is 26.0. The second-order valence-corrected chi connectivity index (χ2v) is 12.4. The predicted molar refractivity (Wildman–Crippen MR) is 130 cm³/mol. The summed E-state index contributed by atoms with van der Waals surface area (Å²) >= 11 is -0.970. The summed E-state index contributed by atoms with van der Waals surface area (Å²) in [6.45, 7) is 1.87. The second-order valence-electron chi connectivity index (χ2n) is 9.32. The maximum atomic E-state index is 14.5. The van der Waals surface area contributed by atoms with Crippen molar-refractivity contribution < 1.29 is 44.7 Å². The van der Waals surface area contributed by atoms with Gasteiger partial charge in [-0.15, -0.1) is 0 Å². The number of alkyl halides is 1. The van der Waals surface area contributed by atoms with Crippen molar-refractivity contribution in [1.82, 2.24) is 20.2 Å². The van der Waals surface area contributed by atoms with Crippen molar-refractivity contribution in [2.75, 3.05) is 32.1 Å². The van der Waals surface area contributed by atoms with Gasteiger partial charge in [-0.1, -0.05) is 0 Å². The number of para-hydroxylation sites is 1. The van der Waals surface area contributed by atoms with Crippen molar-refractivity contribution in [2.24, 2.45) is 5.92 Å². The first-order valence-electron chi connectivity index (χ1n) is 12.2. The fraction of sp³-hybridized carbons (Fsp3) is 0.346. The monoisotopic (exact) mass is 618 g/mol. The van der Waals surface area contributed by atoms with E-state index >= 15 is 0 Å². The minimum absolute atomic E-state index is 0.0485. The van der Waals surface area contributed by atoms with Crippen LogP contribution in [0.1, 0.15) is 28.9 Å². The Morgan fingerprint density at radius 3 is 3.05 bits per heavy atom. The number of carbonyl (C=O) groups excluding carboxylic acids is 2. The Kier molecular flexibility index (Phi) is 6.39. The van der Waals surface area contributed by atoms with E-state index in [0.717, 1.165) is 30.6 Å². The molecule has 0 radical (unpaired) electrons. The first-order valence-corrected chi connectivity index (χ1v) is 14.5. The van der Waals surface area contributed by atoms with Crippen LogP contribution in [0.15, 0.2) is 36.7 Å². The molecule has 3 aliphatic heterocycles. The molecule has 0 saturated carbocycles. The summed E-state index contributed by atoms with van der Waals surface area (Å²) in [5.41, 5.74) is 3.42. The maximum absolute atomic E-state index is 14.5. The van der Waals surface area contributed by atoms with Gasteiger partial charge in [0.2, 0.25) is 0 Å². The normalized spacial score (nSPS) is 21.2. The number of hydrogen-bond donors (Lipinski definition) is 3. The van der Waals surface area contributed by atoms with Gasteiger partial charge in [0.1, 0.15) is 0 Å². The molecule has 0 spiro atoms. The molecule has 1 saturated heterocycles. The number of nitrogens with one attached hydrogen (secondary N) is 3. The first-order chi connectivity index (χ1) is 18.0. The number of piperidine rings is 1. The van der Waals surface area contributed by atoms with E-state index in [0.29, 0.717) is 48.0 Å². The molecule has 1 aromatic carbocycles. The number of benzene rings is 1. The molecule has 9 nitrogen and oxygen atoms in total. The van der Waals surface area contributed by atoms with E-state index in [4.69, 9.17) is 9.47 Å². The first kappa shape index (κ1) is 24.0. The standard InChI is InChI=1S/C26H26FIN5O4/c1-36-24-16(27)5-2-6-17(24)30-23-21-18-10-20(32-25(21)34)28-26(35)33-9-3-4-14(12-33)13-37-19-11-29-8-7-15(19)22(23)31-18/h2,5-8,11,14,20,30-31H,3-4,9-10,12-13H2,1H3,(H,32,34)/q-1. The van der Waals surface area contributed by atoms with Crippen molar-refractivity contribution in [3.05, 3.63) is 53.7 Å². The van der Waals surface area contributed by atoms with Gasteiger partial charge in [0, 0.05) is 0 Å². The third-order valence-electron chi connectivity index (χ3n) is 6.93. The average molecular weight is 618 g/mol. The van der Waals surface area contributed by atoms with E-state index in [1.165, 1.54) is 13.2 Å². The van der Waals surface area contributed by atoms with Gasteiger partial charge < -0.3 is 0 Å². The van der Waals surface area contributed by atoms with Crippen LogP contribution in [0, 0.1) is 11.7 Å². The van der Waals surface area contributed by atoms with Crippen LogP contribution in [0.4, 0.5) is 20.6 Å². The van der Waals surface area contributed by atoms with E-state index < -0.39 is 27.0 Å². The van der Waals surface area contributed by atoms with Crippen LogP contribution >= 0.6 is 0 Å². The summed E-state index contributed by atoms with van der Waals surface area (Å²) in [5, 5.41) is 6.33. The molecule has 3 aliphatic rings. The van der Waals surface area contributed by atoms with Crippen LogP contribution in [0.5, 0.6) is 11.5 Å². The van der Waals surface area contributed by atoms with Gasteiger partial charge in [0.25, 0.3) is 0 Å². The number of fused-ring (bicyclic) bond motifs is 6. The number of halogens is 2. The summed E-state index contributed by atoms with van der Waals surface area (Å²) in [6.07, 6.45) is 5.77. The predicted octanol–water partition coefficient (Wildman–Crippen LogP) is 0.893. The Morgan fingerprint density at radius 2 is 2.19 bits per heavy atom. The number of aromatic nitrogens is 2. The SMILES string of the molecule is COc1c(F)cccc1Nc1c2[nH]c3c1C(=O)NC(C3)[I-]C(=O)N1CCCC(COc3cnccc3-2)C1. The Morgan fingerprint density at radius 1 is 1.30 bits per heavy atom. The third-order valence-corrected chi connectivity index (χ3v) is 9.65. The molecular weight excluding hydrogens is 592 g/mol. The Bertz CT molecular complexity index is 1380. The molecule has 1 fully saturated rings. The van der Waals surface area contributed by atoms with Crippen molar-refractivity contribution in [2.45, 2.75) is 23.3 Å². The van der Waals surface area contributed by atoms with E-state index in [1.54, 1.807) is 24.5 Å². The Labute approximate surface area is 223 Å². The van der Waals surface area contributed by atoms with Crippen LogP contribution < -0.4 is 41.3 Å². The number of hydrogen-bond acceptors (Lipinski definition) is 6. The molecule has 2 aromatic heterocycles. The van der Waals surface area contributed by atoms with Gasteiger partial charge in [0.05, 0.1) is 0 Å². The Balaban J connectivity index is 1.50. The van der Waals surface area contributed by atoms with Crippen LogP contribution in [-0.2, 0) is 6.42 Å². The van der Waals surface area contributed by atoms with Crippen molar-refractivity contribution in [1.29, 1.82) is 0 Å². The second kappa shape index (κ2) is 9.84. The van der Waals surface area contributed by atoms with Gasteiger partial charge in [-0.3, -0.25) is 0 Å². The number of anilines is 2. The molecular formula is C26H26FIN5O4-. The number of rotatable bonds is 3. The van der Waals surface area contributed by atoms with Gasteiger partial charge in [0.15, 0.2) is 0 Å². The molecule has 37 heavy (non-hydrogen) atoms. The Hall–Kier alpha value is -3.35. The molecule has 194 valence electrons.